The van der Waals surface area contributed by atoms with E-state index in [9.17, 15) is 13.2 Å². The molecule has 20 heavy (non-hydrogen) atoms. The Labute approximate surface area is 116 Å². The highest BCUT2D eigenvalue weighted by atomic mass is 19.2. The zero-order valence-corrected chi connectivity index (χ0v) is 11.7. The van der Waals surface area contributed by atoms with E-state index in [0.29, 0.717) is 12.4 Å². The maximum atomic E-state index is 13.8. The number of pyridine rings is 1. The number of fused-ring (bicyclic) bond motifs is 1. The molecule has 0 amide bonds. The van der Waals surface area contributed by atoms with E-state index in [4.69, 9.17) is 0 Å². The van der Waals surface area contributed by atoms with Crippen LogP contribution in [0.15, 0.2) is 12.1 Å². The van der Waals surface area contributed by atoms with Crippen LogP contribution in [0.5, 0.6) is 0 Å². The van der Waals surface area contributed by atoms with Crippen molar-refractivity contribution in [2.75, 3.05) is 11.9 Å². The predicted octanol–water partition coefficient (Wildman–Crippen LogP) is 4.60. The zero-order chi connectivity index (χ0) is 14.9. The normalized spacial score (nSPS) is 11.3. The summed E-state index contributed by atoms with van der Waals surface area (Å²) in [4.78, 5) is 4.24. The molecule has 2 aromatic rings. The van der Waals surface area contributed by atoms with E-state index in [1.54, 1.807) is 6.07 Å². The summed E-state index contributed by atoms with van der Waals surface area (Å²) in [6.45, 7) is 6.61. The van der Waals surface area contributed by atoms with Gasteiger partial charge in [-0.3, -0.25) is 0 Å². The van der Waals surface area contributed by atoms with Gasteiger partial charge in [0.15, 0.2) is 17.5 Å². The Hall–Kier alpha value is -1.78. The molecule has 0 saturated carbocycles. The van der Waals surface area contributed by atoms with Crippen molar-refractivity contribution in [3.8, 4) is 0 Å². The highest BCUT2D eigenvalue weighted by Crippen LogP contribution is 2.30. The molecule has 0 unspecified atom stereocenters. The van der Waals surface area contributed by atoms with Gasteiger partial charge in [0.05, 0.1) is 5.52 Å². The van der Waals surface area contributed by atoms with Gasteiger partial charge in [-0.15, -0.1) is 0 Å². The first-order valence-electron chi connectivity index (χ1n) is 6.67. The molecular weight excluding hydrogens is 265 g/mol. The molecule has 0 atom stereocenters. The van der Waals surface area contributed by atoms with Gasteiger partial charge in [-0.2, -0.15) is 0 Å². The molecule has 0 fully saturated rings. The molecule has 0 radical (unpaired) electrons. The fraction of sp³-hybridized carbons (Fsp3) is 0.400. The van der Waals surface area contributed by atoms with Crippen LogP contribution in [-0.4, -0.2) is 11.5 Å². The van der Waals surface area contributed by atoms with E-state index in [-0.39, 0.29) is 16.8 Å². The minimum absolute atomic E-state index is 0.00893. The lowest BCUT2D eigenvalue weighted by molar-refractivity contribution is 0.453. The third kappa shape index (κ3) is 2.57. The second-order valence-corrected chi connectivity index (χ2v) is 5.06. The molecule has 0 aliphatic heterocycles. The summed E-state index contributed by atoms with van der Waals surface area (Å²) in [5.74, 6) is -3.17. The number of benzene rings is 1. The van der Waals surface area contributed by atoms with Gasteiger partial charge in [0.2, 0.25) is 0 Å². The third-order valence-electron chi connectivity index (χ3n) is 3.15. The van der Waals surface area contributed by atoms with Gasteiger partial charge >= 0.3 is 0 Å². The standard InChI is InChI=1S/C15H17F3N2/c1-4-5-19-15-9(8(2)3)6-10-12(20-15)7-11(16)14(18)13(10)17/h6-8H,4-5H2,1-3H3,(H,19,20). The zero-order valence-electron chi connectivity index (χ0n) is 11.7. The minimum Gasteiger partial charge on any atom is -0.370 e. The first-order valence-corrected chi connectivity index (χ1v) is 6.67. The number of halogens is 3. The summed E-state index contributed by atoms with van der Waals surface area (Å²) in [7, 11) is 0. The van der Waals surface area contributed by atoms with Gasteiger partial charge in [-0.1, -0.05) is 20.8 Å². The molecule has 1 heterocycles. The van der Waals surface area contributed by atoms with Gasteiger partial charge < -0.3 is 5.32 Å². The Morgan fingerprint density at radius 3 is 2.45 bits per heavy atom. The quantitative estimate of drug-likeness (QED) is 0.829. The predicted molar refractivity (Wildman–Crippen MR) is 74.5 cm³/mol. The van der Waals surface area contributed by atoms with Crippen LogP contribution < -0.4 is 5.32 Å². The summed E-state index contributed by atoms with van der Waals surface area (Å²) in [6, 6.07) is 2.47. The molecule has 0 bridgehead atoms. The smallest absolute Gasteiger partial charge is 0.195 e. The molecule has 0 spiro atoms. The van der Waals surface area contributed by atoms with Crippen LogP contribution in [0.3, 0.4) is 0 Å². The van der Waals surface area contributed by atoms with E-state index >= 15 is 0 Å². The van der Waals surface area contributed by atoms with Gasteiger partial charge in [-0.25, -0.2) is 18.2 Å². The summed E-state index contributed by atoms with van der Waals surface area (Å²) in [5.41, 5.74) is 0.903. The second kappa shape index (κ2) is 5.69. The van der Waals surface area contributed by atoms with E-state index in [1.165, 1.54) is 0 Å². The number of nitrogens with one attached hydrogen (secondary N) is 1. The lowest BCUT2D eigenvalue weighted by Crippen LogP contribution is -2.07. The van der Waals surface area contributed by atoms with Crippen molar-refractivity contribution in [1.29, 1.82) is 0 Å². The van der Waals surface area contributed by atoms with Crippen LogP contribution in [0.25, 0.3) is 10.9 Å². The van der Waals surface area contributed by atoms with Crippen LogP contribution in [0, 0.1) is 17.5 Å². The van der Waals surface area contributed by atoms with Crippen LogP contribution in [0.1, 0.15) is 38.7 Å². The van der Waals surface area contributed by atoms with Crippen LogP contribution in [0.2, 0.25) is 0 Å². The van der Waals surface area contributed by atoms with Crippen LogP contribution >= 0.6 is 0 Å². The molecule has 2 nitrogen and oxygen atoms in total. The number of rotatable bonds is 4. The summed E-state index contributed by atoms with van der Waals surface area (Å²) in [5, 5.41) is 3.15. The number of nitrogens with zero attached hydrogens (tertiary/aromatic N) is 1. The van der Waals surface area contributed by atoms with E-state index < -0.39 is 17.5 Å². The van der Waals surface area contributed by atoms with E-state index in [1.807, 2.05) is 20.8 Å². The first kappa shape index (κ1) is 14.6. The molecule has 1 N–H and O–H groups in total. The summed E-state index contributed by atoms with van der Waals surface area (Å²) in [6.07, 6.45) is 0.906. The highest BCUT2D eigenvalue weighted by Gasteiger charge is 2.18. The monoisotopic (exact) mass is 282 g/mol. The van der Waals surface area contributed by atoms with Crippen molar-refractivity contribution < 1.29 is 13.2 Å². The fourth-order valence-electron chi connectivity index (χ4n) is 2.06. The number of aromatic nitrogens is 1. The van der Waals surface area contributed by atoms with E-state index in [2.05, 4.69) is 10.3 Å². The third-order valence-corrected chi connectivity index (χ3v) is 3.15. The fourth-order valence-corrected chi connectivity index (χ4v) is 2.06. The van der Waals surface area contributed by atoms with Crippen molar-refractivity contribution >= 4 is 16.7 Å². The molecule has 5 heteroatoms. The highest BCUT2D eigenvalue weighted by molar-refractivity contribution is 5.82. The lowest BCUT2D eigenvalue weighted by Gasteiger charge is -2.15. The van der Waals surface area contributed by atoms with Gasteiger partial charge in [0.1, 0.15) is 5.82 Å². The van der Waals surface area contributed by atoms with Crippen molar-refractivity contribution in [3.05, 3.63) is 35.1 Å². The molecule has 0 aliphatic carbocycles. The Morgan fingerprint density at radius 1 is 1.15 bits per heavy atom. The topological polar surface area (TPSA) is 24.9 Å². The summed E-state index contributed by atoms with van der Waals surface area (Å²) >= 11 is 0. The Bertz CT molecular complexity index is 639. The number of hydrogen-bond donors (Lipinski definition) is 1. The van der Waals surface area contributed by atoms with E-state index in [0.717, 1.165) is 18.1 Å². The maximum absolute atomic E-state index is 13.8. The molecule has 108 valence electrons. The molecule has 0 aliphatic rings. The Kier molecular flexibility index (Phi) is 4.16. The molecular formula is C15H17F3N2. The summed E-state index contributed by atoms with van der Waals surface area (Å²) < 4.78 is 40.4. The van der Waals surface area contributed by atoms with Gasteiger partial charge in [-0.05, 0) is 24.0 Å². The average molecular weight is 282 g/mol. The largest absolute Gasteiger partial charge is 0.370 e. The van der Waals surface area contributed by atoms with Crippen molar-refractivity contribution in [2.45, 2.75) is 33.1 Å². The number of hydrogen-bond acceptors (Lipinski definition) is 2. The molecule has 1 aromatic heterocycles. The number of anilines is 1. The van der Waals surface area contributed by atoms with Crippen molar-refractivity contribution in [3.63, 3.8) is 0 Å². The van der Waals surface area contributed by atoms with Crippen LogP contribution in [0.4, 0.5) is 19.0 Å². The van der Waals surface area contributed by atoms with Gasteiger partial charge in [0, 0.05) is 18.0 Å². The lowest BCUT2D eigenvalue weighted by atomic mass is 10.0. The van der Waals surface area contributed by atoms with Crippen molar-refractivity contribution in [2.24, 2.45) is 0 Å². The second-order valence-electron chi connectivity index (χ2n) is 5.06. The molecule has 2 rings (SSSR count). The Morgan fingerprint density at radius 2 is 1.85 bits per heavy atom. The molecule has 1 aromatic carbocycles. The molecule has 0 saturated heterocycles. The first-order chi connectivity index (χ1) is 9.45. The average Bonchev–Trinajstić information content (AvgIpc) is 2.41. The minimum atomic E-state index is -1.46. The van der Waals surface area contributed by atoms with Gasteiger partial charge in [0.25, 0.3) is 0 Å². The Balaban J connectivity index is 2.68. The van der Waals surface area contributed by atoms with Crippen LogP contribution in [-0.2, 0) is 0 Å². The maximum Gasteiger partial charge on any atom is 0.195 e. The van der Waals surface area contributed by atoms with Crippen molar-refractivity contribution in [1.82, 2.24) is 4.98 Å². The SMILES string of the molecule is CCCNc1nc2cc(F)c(F)c(F)c2cc1C(C)C.